The minimum Gasteiger partial charge on any atom is -0.445 e. The van der Waals surface area contributed by atoms with E-state index in [2.05, 4.69) is 15.6 Å². The molecule has 11 heteroatoms. The van der Waals surface area contributed by atoms with Gasteiger partial charge in [0.05, 0.1) is 5.92 Å². The average Bonchev–Trinajstić information content (AvgIpc) is 3.56. The molecule has 6 N–H and O–H groups in total. The Morgan fingerprint density at radius 1 is 0.731 bits per heavy atom. The van der Waals surface area contributed by atoms with Crippen molar-refractivity contribution in [2.75, 3.05) is 6.16 Å². The van der Waals surface area contributed by atoms with Gasteiger partial charge in [-0.25, -0.2) is 4.79 Å². The van der Waals surface area contributed by atoms with Crippen LogP contribution in [-0.2, 0) is 44.8 Å². The minimum atomic E-state index is -4.36. The molecule has 266 valence electrons. The van der Waals surface area contributed by atoms with E-state index in [1.54, 1.807) is 42.6 Å². The number of para-hydroxylation sites is 1. The van der Waals surface area contributed by atoms with Crippen LogP contribution in [0.3, 0.4) is 0 Å². The Hall–Kier alpha value is -5.70. The topological polar surface area (TPSA) is 164 Å². The van der Waals surface area contributed by atoms with Crippen molar-refractivity contribution < 1.29 is 28.6 Å². The molecule has 0 saturated carbocycles. The molecule has 1 aromatic heterocycles. The van der Waals surface area contributed by atoms with E-state index >= 15 is 0 Å². The van der Waals surface area contributed by atoms with Gasteiger partial charge in [-0.1, -0.05) is 121 Å². The first kappa shape index (κ1) is 36.1. The average molecular weight is 717 g/mol. The first-order valence-electron chi connectivity index (χ1n) is 17.1. The van der Waals surface area contributed by atoms with Gasteiger partial charge in [0.1, 0.15) is 18.4 Å². The Bertz CT molecular complexity index is 2210. The van der Waals surface area contributed by atoms with E-state index in [1.807, 2.05) is 91.0 Å². The quantitative estimate of drug-likeness (QED) is 0.0767. The van der Waals surface area contributed by atoms with Crippen LogP contribution in [0.25, 0.3) is 21.7 Å². The lowest BCUT2D eigenvalue weighted by molar-refractivity contribution is -0.129. The monoisotopic (exact) mass is 716 g/mol. The molecule has 6 aromatic rings. The van der Waals surface area contributed by atoms with E-state index in [4.69, 9.17) is 10.5 Å². The molecule has 1 heterocycles. The third-order valence-corrected chi connectivity index (χ3v) is 11.4. The van der Waals surface area contributed by atoms with Crippen LogP contribution in [0, 0.1) is 5.92 Å². The molecule has 0 bridgehead atoms. The van der Waals surface area contributed by atoms with Crippen LogP contribution in [0.2, 0.25) is 0 Å². The summed E-state index contributed by atoms with van der Waals surface area (Å²) in [5.41, 5.74) is 9.72. The van der Waals surface area contributed by atoms with Crippen LogP contribution in [0.5, 0.6) is 0 Å². The van der Waals surface area contributed by atoms with E-state index in [1.165, 1.54) is 0 Å². The number of alkyl carbamates (subject to hydrolysis) is 1. The van der Waals surface area contributed by atoms with Crippen LogP contribution in [0.4, 0.5) is 4.79 Å². The van der Waals surface area contributed by atoms with Gasteiger partial charge < -0.3 is 31.0 Å². The minimum absolute atomic E-state index is 0.0177. The van der Waals surface area contributed by atoms with Crippen molar-refractivity contribution in [1.82, 2.24) is 15.6 Å². The highest BCUT2D eigenvalue weighted by atomic mass is 31.2. The number of nitrogens with one attached hydrogen (secondary N) is 3. The molecule has 3 unspecified atom stereocenters. The molecule has 5 aromatic carbocycles. The molecule has 0 fully saturated rings. The SMILES string of the molecule is NC(=O)[C@H](Cc1c[nH]c2ccccc12)NC(=O)C(Cc1ccc2ccccc2c1)CP(=O)(O)C(Cc1ccccc1)NC(=O)OCc1ccccc1. The summed E-state index contributed by atoms with van der Waals surface area (Å²) in [5.74, 6) is -3.68. The van der Waals surface area contributed by atoms with Gasteiger partial charge in [0.2, 0.25) is 19.2 Å². The number of rotatable bonds is 15. The van der Waals surface area contributed by atoms with Gasteiger partial charge in [0.25, 0.3) is 0 Å². The normalized spacial score (nSPS) is 14.2. The zero-order valence-corrected chi connectivity index (χ0v) is 29.4. The lowest BCUT2D eigenvalue weighted by Gasteiger charge is -2.28. The van der Waals surface area contributed by atoms with Gasteiger partial charge in [-0.2, -0.15) is 0 Å². The van der Waals surface area contributed by atoms with Crippen LogP contribution >= 0.6 is 7.37 Å². The second-order valence-corrected chi connectivity index (χ2v) is 15.5. The number of fused-ring (bicyclic) bond motifs is 2. The summed E-state index contributed by atoms with van der Waals surface area (Å²) < 4.78 is 19.9. The van der Waals surface area contributed by atoms with E-state index in [0.717, 1.165) is 38.4 Å². The van der Waals surface area contributed by atoms with Crippen molar-refractivity contribution in [3.63, 3.8) is 0 Å². The fraction of sp³-hybridized carbons (Fsp3) is 0.195. The molecule has 0 aliphatic rings. The van der Waals surface area contributed by atoms with Crippen molar-refractivity contribution in [2.45, 2.75) is 37.7 Å². The second-order valence-electron chi connectivity index (χ2n) is 13.0. The predicted molar refractivity (Wildman–Crippen MR) is 203 cm³/mol. The van der Waals surface area contributed by atoms with Crippen molar-refractivity contribution in [3.8, 4) is 0 Å². The molecule has 0 aliphatic heterocycles. The number of nitrogens with two attached hydrogens (primary N) is 1. The number of hydrogen-bond acceptors (Lipinski definition) is 5. The lowest BCUT2D eigenvalue weighted by atomic mass is 9.96. The zero-order chi connectivity index (χ0) is 36.5. The number of benzene rings is 5. The number of amides is 3. The summed E-state index contributed by atoms with van der Waals surface area (Å²) in [4.78, 5) is 55.0. The van der Waals surface area contributed by atoms with Gasteiger partial charge in [0.15, 0.2) is 0 Å². The maximum absolute atomic E-state index is 14.5. The van der Waals surface area contributed by atoms with Crippen molar-refractivity contribution in [3.05, 3.63) is 156 Å². The van der Waals surface area contributed by atoms with Crippen LogP contribution < -0.4 is 16.4 Å². The van der Waals surface area contributed by atoms with Crippen molar-refractivity contribution >= 4 is 47.0 Å². The van der Waals surface area contributed by atoms with Gasteiger partial charge in [0, 0.05) is 36.1 Å². The lowest BCUT2D eigenvalue weighted by Crippen LogP contribution is -2.49. The summed E-state index contributed by atoms with van der Waals surface area (Å²) in [5, 5.41) is 8.28. The largest absolute Gasteiger partial charge is 0.445 e. The molecule has 6 rings (SSSR count). The third-order valence-electron chi connectivity index (χ3n) is 9.16. The smallest absolute Gasteiger partial charge is 0.408 e. The molecule has 52 heavy (non-hydrogen) atoms. The maximum atomic E-state index is 14.5. The van der Waals surface area contributed by atoms with Crippen LogP contribution in [0.15, 0.2) is 134 Å². The highest BCUT2D eigenvalue weighted by Gasteiger charge is 2.38. The summed E-state index contributed by atoms with van der Waals surface area (Å²) in [7, 11) is -4.36. The molecule has 3 amide bonds. The molecule has 0 radical (unpaired) electrons. The Morgan fingerprint density at radius 2 is 1.38 bits per heavy atom. The molecule has 0 aliphatic carbocycles. The molecular formula is C41H41N4O6P. The maximum Gasteiger partial charge on any atom is 0.408 e. The van der Waals surface area contributed by atoms with E-state index in [0.29, 0.717) is 5.56 Å². The number of aromatic amines is 1. The molecule has 4 atom stereocenters. The van der Waals surface area contributed by atoms with E-state index in [9.17, 15) is 23.8 Å². The standard InChI is InChI=1S/C41H41N4O6P/c42-39(46)37(24-33-25-43-36-18-10-9-17-35(33)36)44-40(47)34(22-30-19-20-31-15-7-8-16-32(31)21-30)27-52(49,50)38(23-28-11-3-1-4-12-28)45-41(48)51-26-29-13-5-2-6-14-29/h1-21,25,34,37-38,43H,22-24,26-27H2,(H2,42,46)(H,44,47)(H,45,48)(H,49,50)/t34?,37-,38?/m0/s1. The van der Waals surface area contributed by atoms with Crippen molar-refractivity contribution in [1.29, 1.82) is 0 Å². The highest BCUT2D eigenvalue weighted by Crippen LogP contribution is 2.48. The Labute approximate surface area is 301 Å². The summed E-state index contributed by atoms with van der Waals surface area (Å²) >= 11 is 0. The Balaban J connectivity index is 1.27. The number of primary amides is 1. The highest BCUT2D eigenvalue weighted by molar-refractivity contribution is 7.58. The molecule has 0 saturated heterocycles. The number of hydrogen-bond donors (Lipinski definition) is 5. The molecule has 10 nitrogen and oxygen atoms in total. The van der Waals surface area contributed by atoms with Gasteiger partial charge >= 0.3 is 6.09 Å². The number of ether oxygens (including phenoxy) is 1. The summed E-state index contributed by atoms with van der Waals surface area (Å²) in [6.07, 6.45) is 0.663. The Morgan fingerprint density at radius 3 is 2.12 bits per heavy atom. The second kappa shape index (κ2) is 16.5. The third kappa shape index (κ3) is 9.34. The first-order valence-corrected chi connectivity index (χ1v) is 19.0. The number of H-pyrrole nitrogens is 1. The van der Waals surface area contributed by atoms with E-state index in [-0.39, 0.29) is 25.9 Å². The van der Waals surface area contributed by atoms with Crippen LogP contribution in [-0.4, -0.2) is 45.8 Å². The first-order chi connectivity index (χ1) is 25.1. The predicted octanol–water partition coefficient (Wildman–Crippen LogP) is 6.46. The van der Waals surface area contributed by atoms with Gasteiger partial charge in [-0.15, -0.1) is 0 Å². The zero-order valence-electron chi connectivity index (χ0n) is 28.5. The fourth-order valence-electron chi connectivity index (χ4n) is 6.40. The van der Waals surface area contributed by atoms with Crippen molar-refractivity contribution in [2.24, 2.45) is 11.7 Å². The summed E-state index contributed by atoms with van der Waals surface area (Å²) in [6.45, 7) is -0.0294. The number of aromatic nitrogens is 1. The van der Waals surface area contributed by atoms with Crippen LogP contribution in [0.1, 0.15) is 22.3 Å². The molecular weight excluding hydrogens is 675 g/mol. The van der Waals surface area contributed by atoms with E-state index < -0.39 is 49.2 Å². The number of carbonyl (C=O) groups is 3. The van der Waals surface area contributed by atoms with Gasteiger partial charge in [-0.3, -0.25) is 14.2 Å². The molecule has 0 spiro atoms. The number of carbonyl (C=O) groups excluding carboxylic acids is 3. The fourth-order valence-corrected chi connectivity index (χ4v) is 8.38. The summed E-state index contributed by atoms with van der Waals surface area (Å²) in [6, 6.07) is 38.2. The Kier molecular flexibility index (Phi) is 11.5. The van der Waals surface area contributed by atoms with Gasteiger partial charge in [-0.05, 0) is 45.5 Å².